The number of hydrogen-bond acceptors (Lipinski definition) is 3. The van der Waals surface area contributed by atoms with Crippen molar-refractivity contribution in [2.45, 2.75) is 33.1 Å². The number of carbonyl (C=O) groups is 2. The molecular formula is C15H21ClN2O3. The first kappa shape index (κ1) is 17.5. The first-order chi connectivity index (χ1) is 9.73. The first-order valence-electron chi connectivity index (χ1n) is 6.77. The number of halogens is 1. The third-order valence-electron chi connectivity index (χ3n) is 3.28. The van der Waals surface area contributed by atoms with Gasteiger partial charge in [0, 0.05) is 17.1 Å². The molecule has 1 aromatic rings. The molecule has 1 rings (SSSR count). The molecule has 0 saturated carbocycles. The molecule has 0 radical (unpaired) electrons. The average molecular weight is 313 g/mol. The first-order valence-corrected chi connectivity index (χ1v) is 7.15. The number of nitrogens with two attached hydrogens (primary N) is 1. The van der Waals surface area contributed by atoms with E-state index in [0.29, 0.717) is 25.1 Å². The Morgan fingerprint density at radius 1 is 1.29 bits per heavy atom. The molecule has 0 bridgehead atoms. The molecule has 0 saturated heterocycles. The second-order valence-corrected chi connectivity index (χ2v) is 6.22. The van der Waals surface area contributed by atoms with E-state index < -0.39 is 5.97 Å². The SMILES string of the molecule is CC(C)(CCN)CCC(=O)Nc1cc(Cl)cc(C(=O)O)c1. The molecule has 116 valence electrons. The summed E-state index contributed by atoms with van der Waals surface area (Å²) in [5.74, 6) is -1.25. The van der Waals surface area contributed by atoms with Gasteiger partial charge in [0.05, 0.1) is 5.56 Å². The minimum atomic E-state index is -1.09. The molecule has 0 aliphatic carbocycles. The van der Waals surface area contributed by atoms with E-state index in [1.807, 2.05) is 0 Å². The highest BCUT2D eigenvalue weighted by Crippen LogP contribution is 2.26. The molecular weight excluding hydrogens is 292 g/mol. The fraction of sp³-hybridized carbons (Fsp3) is 0.467. The second kappa shape index (κ2) is 7.43. The molecule has 1 aromatic carbocycles. The van der Waals surface area contributed by atoms with Crippen molar-refractivity contribution in [1.29, 1.82) is 0 Å². The lowest BCUT2D eigenvalue weighted by molar-refractivity contribution is -0.116. The highest BCUT2D eigenvalue weighted by atomic mass is 35.5. The Bertz CT molecular complexity index is 530. The van der Waals surface area contributed by atoms with Gasteiger partial charge in [0.25, 0.3) is 0 Å². The van der Waals surface area contributed by atoms with E-state index >= 15 is 0 Å². The molecule has 0 spiro atoms. The number of carboxylic acid groups (broad SMARTS) is 1. The van der Waals surface area contributed by atoms with Gasteiger partial charge in [-0.25, -0.2) is 4.79 Å². The topological polar surface area (TPSA) is 92.4 Å². The third-order valence-corrected chi connectivity index (χ3v) is 3.50. The third kappa shape index (κ3) is 6.14. The molecule has 0 atom stereocenters. The van der Waals surface area contributed by atoms with Crippen LogP contribution in [0.3, 0.4) is 0 Å². The Morgan fingerprint density at radius 2 is 1.95 bits per heavy atom. The van der Waals surface area contributed by atoms with Gasteiger partial charge in [0.1, 0.15) is 0 Å². The van der Waals surface area contributed by atoms with E-state index in [0.717, 1.165) is 6.42 Å². The number of nitrogens with one attached hydrogen (secondary N) is 1. The van der Waals surface area contributed by atoms with Gasteiger partial charge in [-0.15, -0.1) is 0 Å². The number of rotatable bonds is 7. The summed E-state index contributed by atoms with van der Waals surface area (Å²) in [6.45, 7) is 4.72. The lowest BCUT2D eigenvalue weighted by Crippen LogP contribution is -2.20. The number of hydrogen-bond donors (Lipinski definition) is 3. The van der Waals surface area contributed by atoms with Crippen LogP contribution in [0.15, 0.2) is 18.2 Å². The second-order valence-electron chi connectivity index (χ2n) is 5.78. The molecule has 0 aromatic heterocycles. The molecule has 0 heterocycles. The van der Waals surface area contributed by atoms with Crippen LogP contribution in [0.1, 0.15) is 43.5 Å². The number of benzene rings is 1. The Balaban J connectivity index is 2.65. The zero-order chi connectivity index (χ0) is 16.0. The van der Waals surface area contributed by atoms with Gasteiger partial charge in [-0.05, 0) is 43.0 Å². The molecule has 21 heavy (non-hydrogen) atoms. The van der Waals surface area contributed by atoms with Crippen LogP contribution in [-0.4, -0.2) is 23.5 Å². The maximum atomic E-state index is 11.9. The zero-order valence-electron chi connectivity index (χ0n) is 12.3. The van der Waals surface area contributed by atoms with Crippen LogP contribution in [-0.2, 0) is 4.79 Å². The molecule has 5 nitrogen and oxygen atoms in total. The van der Waals surface area contributed by atoms with E-state index in [4.69, 9.17) is 22.4 Å². The number of carbonyl (C=O) groups excluding carboxylic acids is 1. The van der Waals surface area contributed by atoms with Crippen molar-refractivity contribution < 1.29 is 14.7 Å². The number of aromatic carboxylic acids is 1. The summed E-state index contributed by atoms with van der Waals surface area (Å²) in [6, 6.07) is 4.25. The zero-order valence-corrected chi connectivity index (χ0v) is 13.0. The van der Waals surface area contributed by atoms with E-state index in [1.54, 1.807) is 0 Å². The molecule has 6 heteroatoms. The summed E-state index contributed by atoms with van der Waals surface area (Å²) in [4.78, 5) is 22.9. The normalized spacial score (nSPS) is 11.2. The van der Waals surface area contributed by atoms with Crippen molar-refractivity contribution in [3.63, 3.8) is 0 Å². The van der Waals surface area contributed by atoms with Crippen LogP contribution in [0.25, 0.3) is 0 Å². The van der Waals surface area contributed by atoms with Crippen LogP contribution in [0.5, 0.6) is 0 Å². The van der Waals surface area contributed by atoms with Gasteiger partial charge in [-0.1, -0.05) is 25.4 Å². The smallest absolute Gasteiger partial charge is 0.335 e. The molecule has 0 aliphatic rings. The molecule has 0 unspecified atom stereocenters. The van der Waals surface area contributed by atoms with Crippen molar-refractivity contribution in [2.75, 3.05) is 11.9 Å². The molecule has 0 aliphatic heterocycles. The van der Waals surface area contributed by atoms with Gasteiger partial charge in [-0.2, -0.15) is 0 Å². The minimum Gasteiger partial charge on any atom is -0.478 e. The van der Waals surface area contributed by atoms with Crippen molar-refractivity contribution in [3.8, 4) is 0 Å². The van der Waals surface area contributed by atoms with E-state index in [9.17, 15) is 9.59 Å². The molecule has 4 N–H and O–H groups in total. The lowest BCUT2D eigenvalue weighted by Gasteiger charge is -2.23. The fourth-order valence-electron chi connectivity index (χ4n) is 1.98. The summed E-state index contributed by atoms with van der Waals surface area (Å²) in [6.07, 6.45) is 1.91. The van der Waals surface area contributed by atoms with E-state index in [2.05, 4.69) is 19.2 Å². The molecule has 0 fully saturated rings. The Morgan fingerprint density at radius 3 is 2.52 bits per heavy atom. The summed E-state index contributed by atoms with van der Waals surface area (Å²) >= 11 is 5.84. The largest absolute Gasteiger partial charge is 0.478 e. The maximum Gasteiger partial charge on any atom is 0.335 e. The Labute approximate surface area is 129 Å². The standard InChI is InChI=1S/C15H21ClN2O3/c1-15(2,5-6-17)4-3-13(19)18-12-8-10(14(20)21)7-11(16)9-12/h7-9H,3-6,17H2,1-2H3,(H,18,19)(H,20,21). The van der Waals surface area contributed by atoms with E-state index in [1.165, 1.54) is 18.2 Å². The minimum absolute atomic E-state index is 0.00659. The molecule has 1 amide bonds. The number of carboxylic acids is 1. The maximum absolute atomic E-state index is 11.9. The van der Waals surface area contributed by atoms with Crippen molar-refractivity contribution in [3.05, 3.63) is 28.8 Å². The van der Waals surface area contributed by atoms with Gasteiger partial charge in [0.2, 0.25) is 5.91 Å². The Hall–Kier alpha value is -1.59. The van der Waals surface area contributed by atoms with Crippen LogP contribution >= 0.6 is 11.6 Å². The van der Waals surface area contributed by atoms with Gasteiger partial charge < -0.3 is 16.2 Å². The number of amides is 1. The predicted octanol–water partition coefficient (Wildman–Crippen LogP) is 3.13. The summed E-state index contributed by atoms with van der Waals surface area (Å²) < 4.78 is 0. The van der Waals surface area contributed by atoms with Crippen molar-refractivity contribution in [1.82, 2.24) is 0 Å². The lowest BCUT2D eigenvalue weighted by atomic mass is 9.84. The summed E-state index contributed by atoms with van der Waals surface area (Å²) in [7, 11) is 0. The van der Waals surface area contributed by atoms with E-state index in [-0.39, 0.29) is 21.9 Å². The number of anilines is 1. The van der Waals surface area contributed by atoms with Crippen LogP contribution < -0.4 is 11.1 Å². The van der Waals surface area contributed by atoms with Gasteiger partial charge >= 0.3 is 5.97 Å². The van der Waals surface area contributed by atoms with Crippen LogP contribution in [0.4, 0.5) is 5.69 Å². The highest BCUT2D eigenvalue weighted by molar-refractivity contribution is 6.31. The summed E-state index contributed by atoms with van der Waals surface area (Å²) in [5, 5.41) is 11.9. The average Bonchev–Trinajstić information content (AvgIpc) is 2.35. The van der Waals surface area contributed by atoms with Crippen molar-refractivity contribution in [2.24, 2.45) is 11.1 Å². The quantitative estimate of drug-likeness (QED) is 0.721. The van der Waals surface area contributed by atoms with Crippen LogP contribution in [0, 0.1) is 5.41 Å². The fourth-order valence-corrected chi connectivity index (χ4v) is 2.21. The van der Waals surface area contributed by atoms with Gasteiger partial charge in [0.15, 0.2) is 0 Å². The van der Waals surface area contributed by atoms with Crippen LogP contribution in [0.2, 0.25) is 5.02 Å². The van der Waals surface area contributed by atoms with Crippen molar-refractivity contribution >= 4 is 29.2 Å². The predicted molar refractivity (Wildman–Crippen MR) is 83.7 cm³/mol. The van der Waals surface area contributed by atoms with Gasteiger partial charge in [-0.3, -0.25) is 4.79 Å². The monoisotopic (exact) mass is 312 g/mol. The summed E-state index contributed by atoms with van der Waals surface area (Å²) in [5.41, 5.74) is 5.98. The Kier molecular flexibility index (Phi) is 6.18. The highest BCUT2D eigenvalue weighted by Gasteiger charge is 2.18.